The molecule has 0 radical (unpaired) electrons. The van der Waals surface area contributed by atoms with Gasteiger partial charge >= 0.3 is 0 Å². The predicted molar refractivity (Wildman–Crippen MR) is 63.3 cm³/mol. The molecule has 2 N–H and O–H groups in total. The van der Waals surface area contributed by atoms with Crippen molar-refractivity contribution in [1.82, 2.24) is 4.31 Å². The number of nitrogen functional groups attached to an aromatic ring is 1. The van der Waals surface area contributed by atoms with Gasteiger partial charge in [0.25, 0.3) is 0 Å². The molecule has 0 atom stereocenters. The topological polar surface area (TPSA) is 63.4 Å². The van der Waals surface area contributed by atoms with Crippen LogP contribution in [0, 0.1) is 17.6 Å². The van der Waals surface area contributed by atoms with Gasteiger partial charge in [-0.3, -0.25) is 0 Å². The van der Waals surface area contributed by atoms with Crippen molar-refractivity contribution in [2.24, 2.45) is 5.92 Å². The van der Waals surface area contributed by atoms with E-state index in [-0.39, 0.29) is 5.69 Å². The average molecular weight is 276 g/mol. The normalized spacial score (nSPS) is 16.2. The molecule has 18 heavy (non-hydrogen) atoms. The van der Waals surface area contributed by atoms with Crippen molar-refractivity contribution >= 4 is 15.7 Å². The van der Waals surface area contributed by atoms with Crippen LogP contribution in [0.15, 0.2) is 17.0 Å². The minimum absolute atomic E-state index is 0.339. The minimum Gasteiger partial charge on any atom is -0.396 e. The van der Waals surface area contributed by atoms with Crippen LogP contribution in [-0.2, 0) is 10.0 Å². The minimum atomic E-state index is -3.95. The average Bonchev–Trinajstić information content (AvgIpc) is 3.07. The van der Waals surface area contributed by atoms with Crippen LogP contribution in [0.1, 0.15) is 12.8 Å². The van der Waals surface area contributed by atoms with Gasteiger partial charge in [0.15, 0.2) is 0 Å². The van der Waals surface area contributed by atoms with E-state index in [2.05, 4.69) is 0 Å². The zero-order valence-electron chi connectivity index (χ0n) is 9.86. The fourth-order valence-electron chi connectivity index (χ4n) is 1.67. The fourth-order valence-corrected chi connectivity index (χ4v) is 3.00. The van der Waals surface area contributed by atoms with E-state index in [4.69, 9.17) is 5.73 Å². The molecular weight excluding hydrogens is 262 g/mol. The second kappa shape index (κ2) is 4.47. The summed E-state index contributed by atoms with van der Waals surface area (Å²) in [5.74, 6) is -1.74. The Labute approximate surface area is 104 Å². The first-order valence-corrected chi connectivity index (χ1v) is 6.97. The van der Waals surface area contributed by atoms with Gasteiger partial charge in [-0.15, -0.1) is 0 Å². The van der Waals surface area contributed by atoms with Crippen LogP contribution in [0.4, 0.5) is 14.5 Å². The lowest BCUT2D eigenvalue weighted by molar-refractivity contribution is 0.446. The van der Waals surface area contributed by atoms with E-state index < -0.39 is 26.6 Å². The third kappa shape index (κ3) is 2.46. The Hall–Kier alpha value is -1.21. The van der Waals surface area contributed by atoms with Crippen molar-refractivity contribution < 1.29 is 17.2 Å². The highest BCUT2D eigenvalue weighted by Gasteiger charge is 2.31. The molecule has 0 amide bonds. The predicted octanol–water partition coefficient (Wildman–Crippen LogP) is 1.58. The van der Waals surface area contributed by atoms with Gasteiger partial charge in [0.05, 0.1) is 5.69 Å². The summed E-state index contributed by atoms with van der Waals surface area (Å²) in [5.41, 5.74) is 4.90. The number of hydrogen-bond donors (Lipinski definition) is 1. The van der Waals surface area contributed by atoms with Gasteiger partial charge in [0.1, 0.15) is 16.5 Å². The Morgan fingerprint density at radius 1 is 1.33 bits per heavy atom. The van der Waals surface area contributed by atoms with Gasteiger partial charge in [-0.25, -0.2) is 21.5 Å². The van der Waals surface area contributed by atoms with Crippen molar-refractivity contribution in [3.05, 3.63) is 23.8 Å². The Kier molecular flexibility index (Phi) is 3.29. The maximum atomic E-state index is 13.5. The molecule has 1 aromatic carbocycles. The summed E-state index contributed by atoms with van der Waals surface area (Å²) in [5, 5.41) is 0. The van der Waals surface area contributed by atoms with Gasteiger partial charge in [-0.1, -0.05) is 0 Å². The van der Waals surface area contributed by atoms with Gasteiger partial charge in [-0.2, -0.15) is 0 Å². The van der Waals surface area contributed by atoms with Crippen LogP contribution in [0.2, 0.25) is 0 Å². The monoisotopic (exact) mass is 276 g/mol. The second-order valence-corrected chi connectivity index (χ2v) is 6.55. The van der Waals surface area contributed by atoms with E-state index in [1.165, 1.54) is 7.05 Å². The van der Waals surface area contributed by atoms with Gasteiger partial charge in [-0.05, 0) is 24.8 Å². The summed E-state index contributed by atoms with van der Waals surface area (Å²) in [4.78, 5) is -0.579. The molecule has 0 aromatic heterocycles. The number of benzene rings is 1. The molecule has 0 unspecified atom stereocenters. The van der Waals surface area contributed by atoms with Crippen molar-refractivity contribution in [2.75, 3.05) is 19.3 Å². The van der Waals surface area contributed by atoms with Gasteiger partial charge in [0, 0.05) is 19.7 Å². The molecule has 100 valence electrons. The van der Waals surface area contributed by atoms with E-state index in [1.807, 2.05) is 0 Å². The molecule has 1 aliphatic rings. The number of rotatable bonds is 4. The first-order chi connectivity index (χ1) is 8.32. The molecule has 7 heteroatoms. The summed E-state index contributed by atoms with van der Waals surface area (Å²) in [6.07, 6.45) is 1.96. The lowest BCUT2D eigenvalue weighted by Crippen LogP contribution is -2.29. The Morgan fingerprint density at radius 2 is 1.94 bits per heavy atom. The van der Waals surface area contributed by atoms with E-state index in [1.54, 1.807) is 0 Å². The van der Waals surface area contributed by atoms with Crippen LogP contribution >= 0.6 is 0 Å². The number of nitrogens with zero attached hydrogens (tertiary/aromatic N) is 1. The van der Waals surface area contributed by atoms with E-state index in [9.17, 15) is 17.2 Å². The van der Waals surface area contributed by atoms with Gasteiger partial charge < -0.3 is 5.73 Å². The maximum Gasteiger partial charge on any atom is 0.245 e. The third-order valence-electron chi connectivity index (χ3n) is 2.95. The lowest BCUT2D eigenvalue weighted by atomic mass is 10.3. The molecule has 0 saturated heterocycles. The number of sulfonamides is 1. The highest BCUT2D eigenvalue weighted by molar-refractivity contribution is 7.89. The summed E-state index contributed by atoms with van der Waals surface area (Å²) < 4.78 is 51.8. The zero-order chi connectivity index (χ0) is 13.5. The molecule has 1 fully saturated rings. The molecular formula is C11H14F2N2O2S. The molecule has 1 saturated carbocycles. The maximum absolute atomic E-state index is 13.5. The van der Waals surface area contributed by atoms with E-state index in [0.717, 1.165) is 23.2 Å². The number of halogens is 2. The largest absolute Gasteiger partial charge is 0.396 e. The van der Waals surface area contributed by atoms with E-state index in [0.29, 0.717) is 18.5 Å². The van der Waals surface area contributed by atoms with Crippen LogP contribution in [0.25, 0.3) is 0 Å². The molecule has 0 bridgehead atoms. The summed E-state index contributed by atoms with van der Waals surface area (Å²) in [6.45, 7) is 0.346. The Morgan fingerprint density at radius 3 is 2.50 bits per heavy atom. The van der Waals surface area contributed by atoms with Crippen molar-refractivity contribution in [2.45, 2.75) is 17.7 Å². The number of nitrogens with two attached hydrogens (primary N) is 1. The first kappa shape index (κ1) is 13.2. The zero-order valence-corrected chi connectivity index (χ0v) is 10.7. The number of hydrogen-bond acceptors (Lipinski definition) is 3. The summed E-state index contributed by atoms with van der Waals surface area (Å²) in [6, 6.07) is 1.32. The smallest absolute Gasteiger partial charge is 0.245 e. The van der Waals surface area contributed by atoms with Crippen molar-refractivity contribution in [3.8, 4) is 0 Å². The quantitative estimate of drug-likeness (QED) is 0.849. The lowest BCUT2D eigenvalue weighted by Gasteiger charge is -2.17. The molecule has 0 aliphatic heterocycles. The molecule has 0 spiro atoms. The second-order valence-electron chi connectivity index (χ2n) is 4.53. The van der Waals surface area contributed by atoms with Crippen LogP contribution in [0.5, 0.6) is 0 Å². The first-order valence-electron chi connectivity index (χ1n) is 5.53. The van der Waals surface area contributed by atoms with Crippen molar-refractivity contribution in [3.63, 3.8) is 0 Å². The highest BCUT2D eigenvalue weighted by atomic mass is 32.2. The summed E-state index contributed by atoms with van der Waals surface area (Å²) >= 11 is 0. The van der Waals surface area contributed by atoms with Crippen molar-refractivity contribution in [1.29, 1.82) is 0 Å². The van der Waals surface area contributed by atoms with Crippen LogP contribution in [0.3, 0.4) is 0 Å². The molecule has 4 nitrogen and oxygen atoms in total. The van der Waals surface area contributed by atoms with Crippen LogP contribution in [-0.4, -0.2) is 26.3 Å². The molecule has 2 rings (SSSR count). The SMILES string of the molecule is CN(CC1CC1)S(=O)(=O)c1cc(N)c(F)cc1F. The van der Waals surface area contributed by atoms with Gasteiger partial charge in [0.2, 0.25) is 10.0 Å². The molecule has 0 heterocycles. The standard InChI is InChI=1S/C11H14F2N2O2S/c1-15(6-7-2-3-7)18(16,17)11-5-10(14)8(12)4-9(11)13/h4-5,7H,2-3,6,14H2,1H3. The van der Waals surface area contributed by atoms with Crippen LogP contribution < -0.4 is 5.73 Å². The molecule has 1 aromatic rings. The highest BCUT2D eigenvalue weighted by Crippen LogP contribution is 2.31. The Balaban J connectivity index is 2.36. The Bertz CT molecular complexity index is 571. The fraction of sp³-hybridized carbons (Fsp3) is 0.455. The summed E-state index contributed by atoms with van der Waals surface area (Å²) in [7, 11) is -2.57. The van der Waals surface area contributed by atoms with E-state index >= 15 is 0 Å². The molecule has 1 aliphatic carbocycles. The number of anilines is 1. The third-order valence-corrected chi connectivity index (χ3v) is 4.79.